The number of carbonyl (C=O) groups is 4. The van der Waals surface area contributed by atoms with E-state index in [-0.39, 0.29) is 50.3 Å². The molecule has 1 aromatic carbocycles. The molecule has 0 bridgehead atoms. The van der Waals surface area contributed by atoms with Crippen molar-refractivity contribution in [2.45, 2.75) is 122 Å². The van der Waals surface area contributed by atoms with Crippen molar-refractivity contribution in [3.05, 3.63) is 30.0 Å². The Kier molecular flexibility index (Phi) is 11.6. The van der Waals surface area contributed by atoms with Crippen molar-refractivity contribution in [1.82, 2.24) is 25.8 Å². The number of benzene rings is 1. The molecule has 5 unspecified atom stereocenters. The third-order valence-corrected chi connectivity index (χ3v) is 12.8. The fraction of sp³-hybridized carbons (Fsp3) is 0.659. The van der Waals surface area contributed by atoms with Crippen LogP contribution in [-0.4, -0.2) is 111 Å². The number of carboxylic acid groups (broad SMARTS) is 1. The predicted molar refractivity (Wildman–Crippen MR) is 214 cm³/mol. The van der Waals surface area contributed by atoms with Gasteiger partial charge in [0.1, 0.15) is 54.0 Å². The lowest BCUT2D eigenvalue weighted by molar-refractivity contribution is -0.146. The molecule has 3 aliphatic carbocycles. The fourth-order valence-corrected chi connectivity index (χ4v) is 9.67. The van der Waals surface area contributed by atoms with Crippen molar-refractivity contribution in [3.8, 4) is 11.5 Å². The quantitative estimate of drug-likeness (QED) is 0.180. The molecule has 2 aromatic rings. The molecule has 0 radical (unpaired) electrons. The summed E-state index contributed by atoms with van der Waals surface area (Å²) in [5, 5.41) is 30.0. The summed E-state index contributed by atoms with van der Waals surface area (Å²) >= 11 is 1.61. The molecule has 5 aliphatic rings. The van der Waals surface area contributed by atoms with Crippen molar-refractivity contribution in [1.29, 1.82) is 0 Å². The highest BCUT2D eigenvalue weighted by molar-refractivity contribution is 8.14. The second-order valence-electron chi connectivity index (χ2n) is 17.6. The molecule has 2 aliphatic heterocycles. The minimum absolute atomic E-state index is 0.000223. The van der Waals surface area contributed by atoms with Gasteiger partial charge in [0.25, 0.3) is 0 Å². The Bertz CT molecular complexity index is 1910. The van der Waals surface area contributed by atoms with E-state index in [0.29, 0.717) is 58.5 Å². The molecule has 1 saturated heterocycles. The summed E-state index contributed by atoms with van der Waals surface area (Å²) in [6, 6.07) is 5.02. The molecular formula is C41H56N6O9S. The Hall–Kier alpha value is -4.31. The van der Waals surface area contributed by atoms with Crippen LogP contribution < -0.4 is 25.4 Å². The van der Waals surface area contributed by atoms with Crippen molar-refractivity contribution in [2.24, 2.45) is 28.2 Å². The summed E-state index contributed by atoms with van der Waals surface area (Å²) in [5.74, 6) is 0.482. The summed E-state index contributed by atoms with van der Waals surface area (Å²) in [6.07, 6.45) is 2.24. The van der Waals surface area contributed by atoms with Gasteiger partial charge in [-0.25, -0.2) is 9.59 Å². The fourth-order valence-electron chi connectivity index (χ4n) is 8.59. The minimum Gasteiger partial charge on any atom is -0.491 e. The Morgan fingerprint density at radius 1 is 1.07 bits per heavy atom. The number of nitrogens with one attached hydrogen (secondary N) is 3. The van der Waals surface area contributed by atoms with Crippen LogP contribution in [0.2, 0.25) is 0 Å². The van der Waals surface area contributed by atoms with Gasteiger partial charge in [-0.3, -0.25) is 19.6 Å². The van der Waals surface area contributed by atoms with E-state index < -0.39 is 53.0 Å². The normalized spacial score (nSPS) is 29.4. The first kappa shape index (κ1) is 40.9. The lowest BCUT2D eigenvalue weighted by atomic mass is 9.85. The number of likely N-dealkylation sites (tertiary alicyclic amines) is 1. The molecule has 3 saturated carbocycles. The molecule has 0 spiro atoms. The Balaban J connectivity index is 1.18. The smallest absolute Gasteiger partial charge is 0.408 e. The number of carboxylic acids is 1. The zero-order valence-electron chi connectivity index (χ0n) is 33.6. The van der Waals surface area contributed by atoms with Crippen LogP contribution in [0.1, 0.15) is 91.8 Å². The maximum atomic E-state index is 14.7. The first-order chi connectivity index (χ1) is 27.1. The monoisotopic (exact) mass is 808 g/mol. The van der Waals surface area contributed by atoms with Gasteiger partial charge >= 0.3 is 12.1 Å². The van der Waals surface area contributed by atoms with Crippen molar-refractivity contribution in [3.63, 3.8) is 0 Å². The number of rotatable bonds is 14. The largest absolute Gasteiger partial charge is 0.491 e. The van der Waals surface area contributed by atoms with Crippen LogP contribution in [0.4, 0.5) is 4.79 Å². The number of thioether (sulfide) groups is 1. The van der Waals surface area contributed by atoms with Crippen LogP contribution in [-0.2, 0) is 19.1 Å². The minimum atomic E-state index is -1.40. The van der Waals surface area contributed by atoms with Gasteiger partial charge in [0.15, 0.2) is 5.17 Å². The van der Waals surface area contributed by atoms with Gasteiger partial charge in [-0.05, 0) is 74.8 Å². The van der Waals surface area contributed by atoms with Gasteiger partial charge in [0.05, 0.1) is 24.4 Å². The van der Waals surface area contributed by atoms with Crippen LogP contribution in [0.25, 0.3) is 10.9 Å². The zero-order chi connectivity index (χ0) is 40.8. The summed E-state index contributed by atoms with van der Waals surface area (Å²) in [7, 11) is 0. The third-order valence-electron chi connectivity index (χ3n) is 11.8. The lowest BCUT2D eigenvalue weighted by Gasteiger charge is -2.35. The molecule has 4 fully saturated rings. The Labute approximate surface area is 337 Å². The van der Waals surface area contributed by atoms with Crippen LogP contribution in [0, 0.1) is 23.2 Å². The number of aromatic nitrogens is 1. The Morgan fingerprint density at radius 3 is 2.47 bits per heavy atom. The van der Waals surface area contributed by atoms with Crippen molar-refractivity contribution < 1.29 is 43.6 Å². The van der Waals surface area contributed by atoms with E-state index in [2.05, 4.69) is 16.0 Å². The molecule has 5 N–H and O–H groups in total. The van der Waals surface area contributed by atoms with Gasteiger partial charge in [0, 0.05) is 35.7 Å². The topological polar surface area (TPSA) is 201 Å². The standard InChI is InChI=1S/C41H56N6O9S/c1-7-24-18-41(24,37(51)52)46-35(49)32-16-27(19-47(32)36(50)34(40(4,5)6)45-39(53)56-26-13-22-12-23(22)14-26)55-33-17-30(31-20-57-38(44-31)42-21(2)3)43-29-15-25(54-11-10-48)8-9-28(29)33/h8-9,15,17,21-24,26-27,31-32,34,48H,7,10-14,16,18-20H2,1-6H3,(H,42,44)(H,45,53)(H,46,49)(H,51,52)/t22-,23?,24+,26?,27-,31?,32-,34?,41?/m0/s1. The van der Waals surface area contributed by atoms with Gasteiger partial charge in [-0.1, -0.05) is 45.9 Å². The molecule has 9 atom stereocenters. The number of carbonyl (C=O) groups excluding carboxylic acids is 3. The lowest BCUT2D eigenvalue weighted by Crippen LogP contribution is -2.59. The first-order valence-corrected chi connectivity index (χ1v) is 21.2. The number of aliphatic hydroxyl groups is 1. The number of pyridine rings is 1. The van der Waals surface area contributed by atoms with Gasteiger partial charge < -0.3 is 45.3 Å². The SMILES string of the molecule is CC[C@@H]1CC1(NC(=O)[C@@H]1C[C@H](Oc2cc(C3CSC(NC(C)C)=N3)nc3cc(OCCO)ccc23)CN1C(=O)C(NC(=O)OC1CC2C[C@H]2C1)C(C)(C)C)C(=O)O. The number of fused-ring (bicyclic) bond motifs is 2. The molecule has 7 rings (SSSR count). The number of ether oxygens (including phenoxy) is 3. The highest BCUT2D eigenvalue weighted by Gasteiger charge is 2.61. The molecule has 1 aromatic heterocycles. The molecular weight excluding hydrogens is 753 g/mol. The van der Waals surface area contributed by atoms with Crippen LogP contribution in [0.5, 0.6) is 11.5 Å². The maximum Gasteiger partial charge on any atom is 0.408 e. The van der Waals surface area contributed by atoms with E-state index in [1.54, 1.807) is 23.9 Å². The van der Waals surface area contributed by atoms with Crippen LogP contribution in [0.3, 0.4) is 0 Å². The molecule has 15 nitrogen and oxygen atoms in total. The van der Waals surface area contributed by atoms with Crippen LogP contribution in [0.15, 0.2) is 29.3 Å². The second-order valence-corrected chi connectivity index (χ2v) is 18.6. The highest BCUT2D eigenvalue weighted by atomic mass is 32.2. The van der Waals surface area contributed by atoms with Gasteiger partial charge in [0.2, 0.25) is 11.8 Å². The van der Waals surface area contributed by atoms with E-state index in [1.807, 2.05) is 53.7 Å². The molecule has 3 heterocycles. The van der Waals surface area contributed by atoms with E-state index >= 15 is 0 Å². The second kappa shape index (κ2) is 16.1. The number of alkyl carbamates (subject to hydrolysis) is 1. The summed E-state index contributed by atoms with van der Waals surface area (Å²) in [4.78, 5) is 65.9. The number of amidine groups is 1. The van der Waals surface area contributed by atoms with Gasteiger partial charge in [-0.15, -0.1) is 0 Å². The zero-order valence-corrected chi connectivity index (χ0v) is 34.4. The van der Waals surface area contributed by atoms with E-state index in [0.717, 1.165) is 18.0 Å². The van der Waals surface area contributed by atoms with E-state index in [4.69, 9.17) is 24.2 Å². The average Bonchev–Trinajstić information content (AvgIpc) is 3.82. The summed E-state index contributed by atoms with van der Waals surface area (Å²) in [5.41, 5.74) is -0.915. The number of amides is 3. The molecule has 16 heteroatoms. The number of hydrogen-bond donors (Lipinski definition) is 5. The van der Waals surface area contributed by atoms with Gasteiger partial charge in [-0.2, -0.15) is 0 Å². The Morgan fingerprint density at radius 2 is 1.82 bits per heavy atom. The van der Waals surface area contributed by atoms with Crippen molar-refractivity contribution >= 4 is 51.7 Å². The summed E-state index contributed by atoms with van der Waals surface area (Å²) in [6.45, 7) is 11.5. The summed E-state index contributed by atoms with van der Waals surface area (Å²) < 4.78 is 18.2. The average molecular weight is 809 g/mol. The first-order valence-electron chi connectivity index (χ1n) is 20.2. The third kappa shape index (κ3) is 8.91. The molecule has 310 valence electrons. The van der Waals surface area contributed by atoms with Crippen LogP contribution >= 0.6 is 11.8 Å². The highest BCUT2D eigenvalue weighted by Crippen LogP contribution is 2.52. The number of aliphatic hydroxyl groups excluding tert-OH is 1. The number of hydrogen-bond acceptors (Lipinski definition) is 12. The number of aliphatic imine (C=N–C) groups is 1. The molecule has 57 heavy (non-hydrogen) atoms. The van der Waals surface area contributed by atoms with Crippen molar-refractivity contribution in [2.75, 3.05) is 25.5 Å². The van der Waals surface area contributed by atoms with E-state index in [1.165, 1.54) is 11.3 Å². The number of nitrogens with zero attached hydrogens (tertiary/aromatic N) is 3. The number of aliphatic carboxylic acids is 1. The predicted octanol–water partition coefficient (Wildman–Crippen LogP) is 4.41. The molecule has 3 amide bonds. The maximum absolute atomic E-state index is 14.7. The van der Waals surface area contributed by atoms with E-state index in [9.17, 15) is 29.4 Å².